The topological polar surface area (TPSA) is 155 Å². The zero-order chi connectivity index (χ0) is 52.7. The van der Waals surface area contributed by atoms with Crippen molar-refractivity contribution in [1.82, 2.24) is 0 Å². The molecule has 0 radical (unpaired) electrons. The zero-order valence-electron chi connectivity index (χ0n) is 45.9. The molecule has 0 saturated carbocycles. The quantitative estimate of drug-likeness (QED) is 0.0197. The molecule has 11 nitrogen and oxygen atoms in total. The minimum absolute atomic E-state index is 0.148. The first-order valence-corrected chi connectivity index (χ1v) is 30.3. The lowest BCUT2D eigenvalue weighted by molar-refractivity contribution is -0.161. The van der Waals surface area contributed by atoms with Crippen molar-refractivity contribution in [2.45, 2.75) is 264 Å². The number of carbonyl (C=O) groups excluding carboxylic acids is 3. The molecule has 12 heteroatoms. The van der Waals surface area contributed by atoms with Gasteiger partial charge in [0, 0.05) is 19.3 Å². The summed E-state index contributed by atoms with van der Waals surface area (Å²) in [7, 11) is -4.75. The lowest BCUT2D eigenvalue weighted by Gasteiger charge is -2.21. The number of phosphoric acid groups is 1. The zero-order valence-corrected chi connectivity index (χ0v) is 46.8. The van der Waals surface area contributed by atoms with E-state index in [-0.39, 0.29) is 25.9 Å². The van der Waals surface area contributed by atoms with Crippen LogP contribution in [0.4, 0.5) is 0 Å². The van der Waals surface area contributed by atoms with Crippen LogP contribution in [0.2, 0.25) is 0 Å². The van der Waals surface area contributed by atoms with Crippen LogP contribution in [0.15, 0.2) is 72.9 Å². The number of hydrogen-bond donors (Lipinski definition) is 2. The highest BCUT2D eigenvalue weighted by atomic mass is 31.2. The van der Waals surface area contributed by atoms with Crippen molar-refractivity contribution in [3.8, 4) is 0 Å². The van der Waals surface area contributed by atoms with Crippen LogP contribution in [0.3, 0.4) is 0 Å². The van der Waals surface area contributed by atoms with E-state index in [1.807, 2.05) is 0 Å². The molecule has 0 aliphatic rings. The van der Waals surface area contributed by atoms with Gasteiger partial charge in [0.1, 0.15) is 12.7 Å². The largest absolute Gasteiger partial charge is 0.472 e. The van der Waals surface area contributed by atoms with E-state index in [0.29, 0.717) is 19.3 Å². The lowest BCUT2D eigenvalue weighted by atomic mass is 10.1. The molecule has 0 aromatic rings. The fraction of sp³-hybridized carbons (Fsp3) is 0.750. The van der Waals surface area contributed by atoms with Gasteiger partial charge in [-0.2, -0.15) is 0 Å². The Kier molecular flexibility index (Phi) is 51.9. The molecule has 0 spiro atoms. The number of ether oxygens (including phenoxy) is 3. The molecule has 0 aliphatic carbocycles. The third kappa shape index (κ3) is 51.8. The second-order valence-corrected chi connectivity index (χ2v) is 20.5. The number of allylic oxidation sites excluding steroid dienone is 12. The van der Waals surface area contributed by atoms with Crippen LogP contribution in [0.5, 0.6) is 0 Å². The molecular weight excluding hydrogens is 928 g/mol. The monoisotopic (exact) mass is 1030 g/mol. The number of carbonyl (C=O) groups is 3. The summed E-state index contributed by atoms with van der Waals surface area (Å²) in [5, 5.41) is 9.81. The van der Waals surface area contributed by atoms with Crippen molar-refractivity contribution in [3.05, 3.63) is 72.9 Å². The Bertz CT molecular complexity index is 1490. The second kappa shape index (κ2) is 54.2. The van der Waals surface area contributed by atoms with Crippen molar-refractivity contribution in [2.24, 2.45) is 0 Å². The Hall–Kier alpha value is -3.08. The van der Waals surface area contributed by atoms with Crippen LogP contribution in [0, 0.1) is 0 Å². The van der Waals surface area contributed by atoms with Crippen molar-refractivity contribution < 1.29 is 52.2 Å². The van der Waals surface area contributed by atoms with Gasteiger partial charge in [0.05, 0.1) is 19.8 Å². The fourth-order valence-corrected chi connectivity index (χ4v) is 8.51. The van der Waals surface area contributed by atoms with E-state index in [9.17, 15) is 28.9 Å². The number of aliphatic hydroxyl groups is 1. The Balaban J connectivity index is 4.65. The highest BCUT2D eigenvalue weighted by Crippen LogP contribution is 2.43. The maximum Gasteiger partial charge on any atom is 0.472 e. The molecule has 0 heterocycles. The van der Waals surface area contributed by atoms with Gasteiger partial charge in [-0.25, -0.2) is 4.57 Å². The summed E-state index contributed by atoms with van der Waals surface area (Å²) < 4.78 is 39.4. The number of unbranched alkanes of at least 4 members (excludes halogenated alkanes) is 24. The summed E-state index contributed by atoms with van der Waals surface area (Å²) in [6.07, 6.45) is 60.1. The summed E-state index contributed by atoms with van der Waals surface area (Å²) in [6, 6.07) is 0. The smallest absolute Gasteiger partial charge is 0.462 e. The number of esters is 3. The Labute approximate surface area is 439 Å². The average molecular weight is 1030 g/mol. The number of rotatable bonds is 53. The van der Waals surface area contributed by atoms with Crippen molar-refractivity contribution in [3.63, 3.8) is 0 Å². The predicted molar refractivity (Wildman–Crippen MR) is 298 cm³/mol. The maximum absolute atomic E-state index is 12.9. The van der Waals surface area contributed by atoms with Crippen molar-refractivity contribution >= 4 is 25.7 Å². The van der Waals surface area contributed by atoms with E-state index >= 15 is 0 Å². The van der Waals surface area contributed by atoms with Crippen molar-refractivity contribution in [2.75, 3.05) is 26.4 Å². The van der Waals surface area contributed by atoms with Crippen LogP contribution in [0.25, 0.3) is 0 Å². The van der Waals surface area contributed by atoms with Crippen LogP contribution in [0.1, 0.15) is 252 Å². The molecule has 72 heavy (non-hydrogen) atoms. The van der Waals surface area contributed by atoms with Gasteiger partial charge in [0.2, 0.25) is 0 Å². The molecule has 0 aromatic heterocycles. The molecule has 0 rings (SSSR count). The van der Waals surface area contributed by atoms with Gasteiger partial charge in [-0.3, -0.25) is 23.4 Å². The molecule has 0 saturated heterocycles. The Morgan fingerprint density at radius 2 is 0.722 bits per heavy atom. The minimum Gasteiger partial charge on any atom is -0.462 e. The minimum atomic E-state index is -4.75. The molecule has 0 amide bonds. The Morgan fingerprint density at radius 1 is 0.403 bits per heavy atom. The molecule has 0 fully saturated rings. The number of phosphoric ester groups is 1. The van der Waals surface area contributed by atoms with E-state index in [0.717, 1.165) is 103 Å². The van der Waals surface area contributed by atoms with E-state index in [1.54, 1.807) is 0 Å². The van der Waals surface area contributed by atoms with Gasteiger partial charge < -0.3 is 24.2 Å². The van der Waals surface area contributed by atoms with E-state index in [4.69, 9.17) is 23.3 Å². The highest BCUT2D eigenvalue weighted by Gasteiger charge is 2.28. The van der Waals surface area contributed by atoms with Gasteiger partial charge in [-0.1, -0.05) is 216 Å². The standard InChI is InChI=1S/C60H105O11P/c1-4-7-10-13-16-19-21-23-25-27-28-30-32-34-36-39-42-45-48-51-60(64)71-57(53-67-58(62)49-46-43-40-37-18-15-12-9-6-3)55-69-72(65,66)68-54-56(52-61)70-59(63)50-47-44-41-38-35-33-31-29-26-24-22-20-17-14-11-8-5-2/h8,11,16-17,19-20,23-26,31,33,56-57,61H,4-7,9-10,12-15,18,21-22,27-30,32,34-55H2,1-3H3,(H,65,66)/b11-8-,19-16-,20-17-,25-23-,26-24-,33-31-. The number of hydrogen-bond acceptors (Lipinski definition) is 10. The summed E-state index contributed by atoms with van der Waals surface area (Å²) in [6.45, 7) is 4.46. The first kappa shape index (κ1) is 68.9. The third-order valence-corrected chi connectivity index (χ3v) is 13.1. The normalized spacial score (nSPS) is 13.9. The molecule has 2 N–H and O–H groups in total. The van der Waals surface area contributed by atoms with E-state index in [1.165, 1.54) is 89.9 Å². The first-order chi connectivity index (χ1) is 35.2. The second-order valence-electron chi connectivity index (χ2n) is 19.1. The van der Waals surface area contributed by atoms with Gasteiger partial charge in [-0.15, -0.1) is 0 Å². The molecule has 0 aliphatic heterocycles. The van der Waals surface area contributed by atoms with Gasteiger partial charge in [0.15, 0.2) is 6.10 Å². The maximum atomic E-state index is 12.9. The molecule has 0 bridgehead atoms. The molecule has 3 atom stereocenters. The lowest BCUT2D eigenvalue weighted by Crippen LogP contribution is -2.30. The predicted octanol–water partition coefficient (Wildman–Crippen LogP) is 16.9. The highest BCUT2D eigenvalue weighted by molar-refractivity contribution is 7.47. The summed E-state index contributed by atoms with van der Waals surface area (Å²) >= 11 is 0. The summed E-state index contributed by atoms with van der Waals surface area (Å²) in [5.41, 5.74) is 0. The van der Waals surface area contributed by atoms with Gasteiger partial charge in [-0.05, 0) is 89.9 Å². The molecule has 3 unspecified atom stereocenters. The molecular formula is C60H105O11P. The van der Waals surface area contributed by atoms with E-state index in [2.05, 4.69) is 93.7 Å². The van der Waals surface area contributed by atoms with Gasteiger partial charge in [0.25, 0.3) is 0 Å². The van der Waals surface area contributed by atoms with Gasteiger partial charge >= 0.3 is 25.7 Å². The van der Waals surface area contributed by atoms with Crippen molar-refractivity contribution in [1.29, 1.82) is 0 Å². The van der Waals surface area contributed by atoms with Crippen LogP contribution in [-0.2, 0) is 42.2 Å². The molecule has 0 aromatic carbocycles. The number of aliphatic hydroxyl groups excluding tert-OH is 1. The average Bonchev–Trinajstić information content (AvgIpc) is 3.37. The first-order valence-electron chi connectivity index (χ1n) is 28.8. The van der Waals surface area contributed by atoms with E-state index < -0.39 is 57.8 Å². The fourth-order valence-electron chi connectivity index (χ4n) is 7.73. The third-order valence-electron chi connectivity index (χ3n) is 12.1. The Morgan fingerprint density at radius 3 is 1.14 bits per heavy atom. The summed E-state index contributed by atoms with van der Waals surface area (Å²) in [4.78, 5) is 48.4. The van der Waals surface area contributed by atoms with Crippen LogP contribution in [-0.4, -0.2) is 66.5 Å². The van der Waals surface area contributed by atoms with Crippen LogP contribution < -0.4 is 0 Å². The van der Waals surface area contributed by atoms with Crippen LogP contribution >= 0.6 is 7.82 Å². The summed E-state index contributed by atoms with van der Waals surface area (Å²) in [5.74, 6) is -1.49. The SMILES string of the molecule is CC/C=C\C/C=C\C/C=C\C/C=C\CCCCCCC(=O)OC(CO)COP(=O)(O)OCC(COC(=O)CCCCCCCCCCC)OC(=O)CCCCCCCCCCC/C=C\C/C=C\CCCCC. The molecule has 416 valence electrons.